The summed E-state index contributed by atoms with van der Waals surface area (Å²) >= 11 is 6.36. The molecule has 2 aliphatic rings. The summed E-state index contributed by atoms with van der Waals surface area (Å²) in [5, 5.41) is 4.58. The van der Waals surface area contributed by atoms with Crippen LogP contribution in [0.3, 0.4) is 0 Å². The van der Waals surface area contributed by atoms with E-state index in [1.165, 1.54) is 49.8 Å². The van der Waals surface area contributed by atoms with Gasteiger partial charge in [-0.1, -0.05) is 30.2 Å². The fourth-order valence-electron chi connectivity index (χ4n) is 2.81. The van der Waals surface area contributed by atoms with Crippen LogP contribution >= 0.6 is 11.6 Å². The predicted octanol–water partition coefficient (Wildman–Crippen LogP) is 3.90. The van der Waals surface area contributed by atoms with E-state index in [2.05, 4.69) is 23.5 Å². The van der Waals surface area contributed by atoms with Crippen molar-refractivity contribution in [1.29, 1.82) is 0 Å². The van der Waals surface area contributed by atoms with Crippen LogP contribution in [0.15, 0.2) is 18.2 Å². The number of nitrogens with one attached hydrogen (secondary N) is 1. The van der Waals surface area contributed by atoms with E-state index in [4.69, 9.17) is 11.6 Å². The van der Waals surface area contributed by atoms with Gasteiger partial charge in [-0.2, -0.15) is 0 Å². The van der Waals surface area contributed by atoms with Crippen LogP contribution in [0.1, 0.15) is 49.1 Å². The first-order chi connectivity index (χ1) is 8.33. The van der Waals surface area contributed by atoms with E-state index >= 15 is 0 Å². The van der Waals surface area contributed by atoms with Gasteiger partial charge in [0.15, 0.2) is 0 Å². The SMILES string of the molecule is Clc1cc(CC2CCCCN2)ccc1C1CC1. The van der Waals surface area contributed by atoms with Crippen LogP contribution in [-0.4, -0.2) is 12.6 Å². The first-order valence-electron chi connectivity index (χ1n) is 6.84. The van der Waals surface area contributed by atoms with Gasteiger partial charge in [-0.25, -0.2) is 0 Å². The third-order valence-electron chi connectivity index (χ3n) is 3.98. The van der Waals surface area contributed by atoms with Gasteiger partial charge < -0.3 is 5.32 Å². The molecule has 17 heavy (non-hydrogen) atoms. The quantitative estimate of drug-likeness (QED) is 0.857. The highest BCUT2D eigenvalue weighted by Crippen LogP contribution is 2.43. The van der Waals surface area contributed by atoms with E-state index in [1.54, 1.807) is 0 Å². The molecule has 1 aromatic carbocycles. The molecule has 1 aliphatic heterocycles. The lowest BCUT2D eigenvalue weighted by molar-refractivity contribution is 0.399. The summed E-state index contributed by atoms with van der Waals surface area (Å²) in [6, 6.07) is 7.37. The maximum absolute atomic E-state index is 6.36. The molecule has 0 aromatic heterocycles. The average molecular weight is 250 g/mol. The molecule has 2 fully saturated rings. The molecule has 2 heteroatoms. The molecule has 0 bridgehead atoms. The summed E-state index contributed by atoms with van der Waals surface area (Å²) in [5.74, 6) is 0.754. The standard InChI is InChI=1S/C15H20ClN/c16-15-10-11(4-7-14(15)12-5-6-12)9-13-3-1-2-8-17-13/h4,7,10,12-13,17H,1-3,5-6,8-9H2. The molecule has 1 heterocycles. The number of hydrogen-bond acceptors (Lipinski definition) is 1. The first-order valence-corrected chi connectivity index (χ1v) is 7.22. The van der Waals surface area contributed by atoms with E-state index in [0.29, 0.717) is 6.04 Å². The third kappa shape index (κ3) is 2.83. The van der Waals surface area contributed by atoms with Crippen molar-refractivity contribution >= 4 is 11.6 Å². The molecule has 1 unspecified atom stereocenters. The Hall–Kier alpha value is -0.530. The molecule has 1 aliphatic carbocycles. The van der Waals surface area contributed by atoms with Gasteiger partial charge in [0.2, 0.25) is 0 Å². The second-order valence-electron chi connectivity index (χ2n) is 5.48. The molecule has 3 rings (SSSR count). The van der Waals surface area contributed by atoms with Gasteiger partial charge in [-0.3, -0.25) is 0 Å². The van der Waals surface area contributed by atoms with Crippen molar-refractivity contribution in [3.05, 3.63) is 34.3 Å². The summed E-state index contributed by atoms with van der Waals surface area (Å²) < 4.78 is 0. The van der Waals surface area contributed by atoms with Crippen LogP contribution in [0.4, 0.5) is 0 Å². The van der Waals surface area contributed by atoms with E-state index in [0.717, 1.165) is 17.4 Å². The Morgan fingerprint density at radius 1 is 1.18 bits per heavy atom. The van der Waals surface area contributed by atoms with Crippen LogP contribution < -0.4 is 5.32 Å². The van der Waals surface area contributed by atoms with Crippen LogP contribution in [-0.2, 0) is 6.42 Å². The minimum atomic E-state index is 0.659. The van der Waals surface area contributed by atoms with Crippen molar-refractivity contribution in [2.75, 3.05) is 6.54 Å². The molecule has 1 atom stereocenters. The van der Waals surface area contributed by atoms with Gasteiger partial charge in [0.05, 0.1) is 0 Å². The van der Waals surface area contributed by atoms with Crippen molar-refractivity contribution in [3.63, 3.8) is 0 Å². The molecule has 1 N–H and O–H groups in total. The molecule has 92 valence electrons. The molecule has 1 nitrogen and oxygen atoms in total. The zero-order chi connectivity index (χ0) is 11.7. The molecule has 1 saturated heterocycles. The zero-order valence-corrected chi connectivity index (χ0v) is 11.0. The van der Waals surface area contributed by atoms with Crippen molar-refractivity contribution in [2.24, 2.45) is 0 Å². The molecular formula is C15H20ClN. The summed E-state index contributed by atoms with van der Waals surface area (Å²) in [4.78, 5) is 0. The Bertz CT molecular complexity index is 392. The van der Waals surface area contributed by atoms with Crippen molar-refractivity contribution < 1.29 is 0 Å². The smallest absolute Gasteiger partial charge is 0.0443 e. The van der Waals surface area contributed by atoms with Gasteiger partial charge in [-0.15, -0.1) is 0 Å². The van der Waals surface area contributed by atoms with Crippen molar-refractivity contribution in [3.8, 4) is 0 Å². The van der Waals surface area contributed by atoms with E-state index in [-0.39, 0.29) is 0 Å². The Labute approximate surface area is 109 Å². The van der Waals surface area contributed by atoms with Crippen LogP contribution in [0.25, 0.3) is 0 Å². The number of benzene rings is 1. The second-order valence-corrected chi connectivity index (χ2v) is 5.89. The van der Waals surface area contributed by atoms with Crippen LogP contribution in [0, 0.1) is 0 Å². The minimum Gasteiger partial charge on any atom is -0.314 e. The molecular weight excluding hydrogens is 230 g/mol. The molecule has 0 spiro atoms. The summed E-state index contributed by atoms with van der Waals surface area (Å²) in [6.07, 6.45) is 7.78. The fraction of sp³-hybridized carbons (Fsp3) is 0.600. The molecule has 0 amide bonds. The predicted molar refractivity (Wildman–Crippen MR) is 72.8 cm³/mol. The largest absolute Gasteiger partial charge is 0.314 e. The topological polar surface area (TPSA) is 12.0 Å². The van der Waals surface area contributed by atoms with E-state index < -0.39 is 0 Å². The lowest BCUT2D eigenvalue weighted by Gasteiger charge is -2.23. The Kier molecular flexibility index (Phi) is 3.39. The van der Waals surface area contributed by atoms with Gasteiger partial charge in [-0.05, 0) is 61.8 Å². The van der Waals surface area contributed by atoms with Gasteiger partial charge in [0.25, 0.3) is 0 Å². The average Bonchev–Trinajstić information content (AvgIpc) is 3.15. The molecule has 1 aromatic rings. The van der Waals surface area contributed by atoms with Gasteiger partial charge in [0, 0.05) is 11.1 Å². The third-order valence-corrected chi connectivity index (χ3v) is 4.30. The maximum Gasteiger partial charge on any atom is 0.0443 e. The Balaban J connectivity index is 1.68. The highest BCUT2D eigenvalue weighted by atomic mass is 35.5. The second kappa shape index (κ2) is 4.99. The minimum absolute atomic E-state index is 0.659. The van der Waals surface area contributed by atoms with Gasteiger partial charge in [0.1, 0.15) is 0 Å². The Morgan fingerprint density at radius 2 is 2.06 bits per heavy atom. The number of halogens is 1. The highest BCUT2D eigenvalue weighted by molar-refractivity contribution is 6.31. The van der Waals surface area contributed by atoms with Crippen LogP contribution in [0.2, 0.25) is 5.02 Å². The van der Waals surface area contributed by atoms with Crippen molar-refractivity contribution in [2.45, 2.75) is 50.5 Å². The lowest BCUT2D eigenvalue weighted by Crippen LogP contribution is -2.35. The molecule has 1 saturated carbocycles. The lowest BCUT2D eigenvalue weighted by atomic mass is 9.97. The monoisotopic (exact) mass is 249 g/mol. The highest BCUT2D eigenvalue weighted by Gasteiger charge is 2.25. The normalized spacial score (nSPS) is 24.9. The number of rotatable bonds is 3. The number of hydrogen-bond donors (Lipinski definition) is 1. The summed E-state index contributed by atoms with van der Waals surface area (Å²) in [6.45, 7) is 1.18. The zero-order valence-electron chi connectivity index (χ0n) is 10.2. The van der Waals surface area contributed by atoms with E-state index in [9.17, 15) is 0 Å². The first kappa shape index (κ1) is 11.6. The van der Waals surface area contributed by atoms with Crippen LogP contribution in [0.5, 0.6) is 0 Å². The van der Waals surface area contributed by atoms with E-state index in [1.807, 2.05) is 0 Å². The summed E-state index contributed by atoms with van der Waals surface area (Å²) in [5.41, 5.74) is 2.76. The number of piperidine rings is 1. The van der Waals surface area contributed by atoms with Gasteiger partial charge >= 0.3 is 0 Å². The van der Waals surface area contributed by atoms with Crippen molar-refractivity contribution in [1.82, 2.24) is 5.32 Å². The summed E-state index contributed by atoms with van der Waals surface area (Å²) in [7, 11) is 0. The Morgan fingerprint density at radius 3 is 2.71 bits per heavy atom. The maximum atomic E-state index is 6.36. The fourth-order valence-corrected chi connectivity index (χ4v) is 3.16. The molecule has 0 radical (unpaired) electrons.